The molecule has 144 valence electrons. The number of hydrogen-bond donors (Lipinski definition) is 1. The summed E-state index contributed by atoms with van der Waals surface area (Å²) in [5.41, 5.74) is 2.71. The van der Waals surface area contributed by atoms with Crippen molar-refractivity contribution < 1.29 is 14.3 Å². The highest BCUT2D eigenvalue weighted by Gasteiger charge is 2.37. The monoisotopic (exact) mass is 367 g/mol. The average Bonchev–Trinajstić information content (AvgIpc) is 2.64. The van der Waals surface area contributed by atoms with Gasteiger partial charge in [0.05, 0.1) is 24.9 Å². The van der Waals surface area contributed by atoms with Gasteiger partial charge in [0.2, 0.25) is 0 Å². The summed E-state index contributed by atoms with van der Waals surface area (Å²) in [5, 5.41) is 5.96. The van der Waals surface area contributed by atoms with E-state index in [1.165, 1.54) is 23.4 Å². The van der Waals surface area contributed by atoms with Gasteiger partial charge in [-0.05, 0) is 28.7 Å². The minimum atomic E-state index is -0.324. The molecule has 1 aliphatic rings. The van der Waals surface area contributed by atoms with Gasteiger partial charge in [-0.15, -0.1) is 0 Å². The van der Waals surface area contributed by atoms with E-state index in [9.17, 15) is 4.79 Å². The number of hydrogen-bond acceptors (Lipinski definition) is 4. The molecular formula is C23H29NO3. The Morgan fingerprint density at radius 3 is 2.59 bits per heavy atom. The fourth-order valence-corrected chi connectivity index (χ4v) is 3.63. The molecule has 27 heavy (non-hydrogen) atoms. The van der Waals surface area contributed by atoms with Crippen molar-refractivity contribution in [3.63, 3.8) is 0 Å². The van der Waals surface area contributed by atoms with E-state index in [2.05, 4.69) is 62.5 Å². The molecule has 0 spiro atoms. The second-order valence-electron chi connectivity index (χ2n) is 8.21. The minimum Gasteiger partial charge on any atom is -0.466 e. The molecule has 1 heterocycles. The van der Waals surface area contributed by atoms with Gasteiger partial charge in [0.15, 0.2) is 0 Å². The number of carbonyl (C=O) groups is 1. The Bertz CT molecular complexity index is 858. The minimum absolute atomic E-state index is 0.0116. The molecule has 2 aromatic carbocycles. The molecule has 4 heteroatoms. The summed E-state index contributed by atoms with van der Waals surface area (Å²) in [6.45, 7) is 9.06. The zero-order valence-electron chi connectivity index (χ0n) is 16.8. The lowest BCUT2D eigenvalue weighted by atomic mass is 9.83. The molecule has 0 aromatic heterocycles. The molecule has 0 unspecified atom stereocenters. The zero-order valence-corrected chi connectivity index (χ0v) is 16.8. The number of ether oxygens (including phenoxy) is 2. The Balaban J connectivity index is 1.91. The maximum Gasteiger partial charge on any atom is 0.338 e. The second-order valence-corrected chi connectivity index (χ2v) is 8.21. The van der Waals surface area contributed by atoms with Gasteiger partial charge in [0, 0.05) is 18.7 Å². The number of carbonyl (C=O) groups excluding carboxylic acids is 1. The number of fused-ring (bicyclic) bond motifs is 1. The molecule has 0 amide bonds. The van der Waals surface area contributed by atoms with Gasteiger partial charge in [-0.3, -0.25) is 0 Å². The molecule has 3 rings (SSSR count). The Hall–Kier alpha value is -2.33. The van der Waals surface area contributed by atoms with Crippen LogP contribution in [0.1, 0.15) is 39.7 Å². The van der Waals surface area contributed by atoms with Gasteiger partial charge in [-0.1, -0.05) is 63.2 Å². The Kier molecular flexibility index (Phi) is 5.56. The van der Waals surface area contributed by atoms with E-state index in [1.807, 2.05) is 13.0 Å². The summed E-state index contributed by atoms with van der Waals surface area (Å²) in [5.74, 6) is -0.324. The van der Waals surface area contributed by atoms with Crippen molar-refractivity contribution in [3.05, 3.63) is 59.3 Å². The lowest BCUT2D eigenvalue weighted by Crippen LogP contribution is -2.42. The van der Waals surface area contributed by atoms with Crippen molar-refractivity contribution in [1.82, 2.24) is 5.32 Å². The summed E-state index contributed by atoms with van der Waals surface area (Å²) in [7, 11) is 1.42. The third kappa shape index (κ3) is 4.16. The van der Waals surface area contributed by atoms with Crippen LogP contribution < -0.4 is 5.32 Å². The Labute approximate surface area is 161 Å². The smallest absolute Gasteiger partial charge is 0.338 e. The first kappa shape index (κ1) is 19.4. The topological polar surface area (TPSA) is 47.6 Å². The molecule has 0 bridgehead atoms. The number of rotatable bonds is 4. The van der Waals surface area contributed by atoms with Gasteiger partial charge in [-0.2, -0.15) is 0 Å². The first-order valence-electron chi connectivity index (χ1n) is 9.48. The molecule has 0 saturated heterocycles. The van der Waals surface area contributed by atoms with Crippen LogP contribution >= 0.6 is 0 Å². The fraction of sp³-hybridized carbons (Fsp3) is 0.435. The van der Waals surface area contributed by atoms with Crippen LogP contribution in [0.5, 0.6) is 0 Å². The molecule has 0 radical (unpaired) electrons. The summed E-state index contributed by atoms with van der Waals surface area (Å²) < 4.78 is 11.2. The SMILES string of the molecule is COC(=O)C1=C(NCc2cccc3ccccc23)C[C@@H](C(C)(C)C)O[C@H]1C. The second kappa shape index (κ2) is 7.73. The maximum atomic E-state index is 12.4. The first-order valence-corrected chi connectivity index (χ1v) is 9.48. The molecule has 2 aromatic rings. The van der Waals surface area contributed by atoms with Crippen LogP contribution in [0.15, 0.2) is 53.7 Å². The van der Waals surface area contributed by atoms with Gasteiger partial charge in [0.25, 0.3) is 0 Å². The number of benzene rings is 2. The number of esters is 1. The van der Waals surface area contributed by atoms with Crippen molar-refractivity contribution in [3.8, 4) is 0 Å². The summed E-state index contributed by atoms with van der Waals surface area (Å²) in [6, 6.07) is 14.7. The van der Waals surface area contributed by atoms with Crippen molar-refractivity contribution >= 4 is 16.7 Å². The van der Waals surface area contributed by atoms with E-state index in [4.69, 9.17) is 9.47 Å². The van der Waals surface area contributed by atoms with Crippen molar-refractivity contribution in [2.75, 3.05) is 7.11 Å². The highest BCUT2D eigenvalue weighted by atomic mass is 16.5. The summed E-state index contributed by atoms with van der Waals surface area (Å²) in [6.07, 6.45) is 0.407. The molecule has 2 atom stereocenters. The number of methoxy groups -OCH3 is 1. The van der Waals surface area contributed by atoms with Crippen molar-refractivity contribution in [2.45, 2.75) is 52.9 Å². The Morgan fingerprint density at radius 2 is 1.89 bits per heavy atom. The average molecular weight is 367 g/mol. The van der Waals surface area contributed by atoms with Crippen LogP contribution in [0.25, 0.3) is 10.8 Å². The molecule has 1 aliphatic heterocycles. The third-order valence-electron chi connectivity index (χ3n) is 5.23. The first-order chi connectivity index (χ1) is 12.8. The lowest BCUT2D eigenvalue weighted by molar-refractivity contribution is -0.140. The third-order valence-corrected chi connectivity index (χ3v) is 5.23. The normalized spacial score (nSPS) is 20.6. The highest BCUT2D eigenvalue weighted by molar-refractivity contribution is 5.90. The standard InChI is InChI=1S/C23H29NO3/c1-15-21(22(25)26-5)19(13-20(27-15)23(2,3)4)24-14-17-11-8-10-16-9-6-7-12-18(16)17/h6-12,15,20,24H,13-14H2,1-5H3/t15-,20-/m0/s1. The molecule has 4 nitrogen and oxygen atoms in total. The van der Waals surface area contributed by atoms with Crippen molar-refractivity contribution in [2.24, 2.45) is 5.41 Å². The molecule has 0 aliphatic carbocycles. The zero-order chi connectivity index (χ0) is 19.6. The lowest BCUT2D eigenvalue weighted by Gasteiger charge is -2.38. The number of nitrogens with one attached hydrogen (secondary N) is 1. The van der Waals surface area contributed by atoms with E-state index in [-0.39, 0.29) is 23.6 Å². The molecule has 0 fully saturated rings. The predicted octanol–water partition coefficient (Wildman–Crippen LogP) is 4.58. The summed E-state index contributed by atoms with van der Waals surface area (Å²) >= 11 is 0. The van der Waals surface area contributed by atoms with Crippen LogP contribution in [0.2, 0.25) is 0 Å². The molecule has 1 N–H and O–H groups in total. The summed E-state index contributed by atoms with van der Waals surface area (Å²) in [4.78, 5) is 12.4. The van der Waals surface area contributed by atoms with E-state index >= 15 is 0 Å². The van der Waals surface area contributed by atoms with Gasteiger partial charge < -0.3 is 14.8 Å². The van der Waals surface area contributed by atoms with Gasteiger partial charge in [0.1, 0.15) is 0 Å². The highest BCUT2D eigenvalue weighted by Crippen LogP contribution is 2.35. The van der Waals surface area contributed by atoms with Gasteiger partial charge >= 0.3 is 5.97 Å². The Morgan fingerprint density at radius 1 is 1.19 bits per heavy atom. The quantitative estimate of drug-likeness (QED) is 0.804. The van der Waals surface area contributed by atoms with E-state index in [0.717, 1.165) is 5.70 Å². The van der Waals surface area contributed by atoms with E-state index < -0.39 is 0 Å². The van der Waals surface area contributed by atoms with Crippen molar-refractivity contribution in [1.29, 1.82) is 0 Å². The van der Waals surface area contributed by atoms with Crippen LogP contribution in [0.4, 0.5) is 0 Å². The van der Waals surface area contributed by atoms with Crippen LogP contribution in [0, 0.1) is 5.41 Å². The predicted molar refractivity (Wildman–Crippen MR) is 108 cm³/mol. The van der Waals surface area contributed by atoms with E-state index in [0.29, 0.717) is 18.5 Å². The van der Waals surface area contributed by atoms with Crippen LogP contribution in [0.3, 0.4) is 0 Å². The van der Waals surface area contributed by atoms with Crippen LogP contribution in [-0.4, -0.2) is 25.3 Å². The largest absolute Gasteiger partial charge is 0.466 e. The van der Waals surface area contributed by atoms with Crippen LogP contribution in [-0.2, 0) is 20.8 Å². The fourth-order valence-electron chi connectivity index (χ4n) is 3.63. The maximum absolute atomic E-state index is 12.4. The molecule has 0 saturated carbocycles. The van der Waals surface area contributed by atoms with E-state index in [1.54, 1.807) is 0 Å². The van der Waals surface area contributed by atoms with Gasteiger partial charge in [-0.25, -0.2) is 4.79 Å². The molecular weight excluding hydrogens is 338 g/mol.